The molecule has 0 spiro atoms. The Morgan fingerprint density at radius 1 is 1.24 bits per heavy atom. The fourth-order valence-corrected chi connectivity index (χ4v) is 5.99. The lowest BCUT2D eigenvalue weighted by molar-refractivity contribution is -0.118. The van der Waals surface area contributed by atoms with E-state index in [1.54, 1.807) is 16.4 Å². The first kappa shape index (κ1) is 14.7. The highest BCUT2D eigenvalue weighted by Crippen LogP contribution is 2.54. The number of aldehydes is 1. The summed E-state index contributed by atoms with van der Waals surface area (Å²) in [4.78, 5) is 11.9. The monoisotopic (exact) mass is 307 g/mol. The van der Waals surface area contributed by atoms with Crippen molar-refractivity contribution in [2.24, 2.45) is 11.3 Å². The van der Waals surface area contributed by atoms with Crippen molar-refractivity contribution in [3.05, 3.63) is 29.8 Å². The zero-order valence-corrected chi connectivity index (χ0v) is 13.4. The molecule has 0 saturated carbocycles. The molecule has 0 aromatic heterocycles. The first-order chi connectivity index (χ1) is 9.82. The average Bonchev–Trinajstić information content (AvgIpc) is 2.98. The third-order valence-electron chi connectivity index (χ3n) is 5.50. The largest absolute Gasteiger partial charge is 0.303 e. The number of nitrogens with zero attached hydrogens (tertiary/aromatic N) is 1. The second-order valence-corrected chi connectivity index (χ2v) is 8.42. The minimum Gasteiger partial charge on any atom is -0.303 e. The van der Waals surface area contributed by atoms with Gasteiger partial charge in [0.1, 0.15) is 6.29 Å². The molecule has 0 radical (unpaired) electrons. The van der Waals surface area contributed by atoms with Crippen LogP contribution in [0.15, 0.2) is 29.2 Å². The topological polar surface area (TPSA) is 54.5 Å². The van der Waals surface area contributed by atoms with Crippen LogP contribution in [0.5, 0.6) is 0 Å². The Bertz CT molecular complexity index is 667. The molecule has 0 aliphatic carbocycles. The number of benzene rings is 1. The molecule has 1 aromatic carbocycles. The number of fused-ring (bicyclic) bond motifs is 2. The second kappa shape index (κ2) is 4.65. The van der Waals surface area contributed by atoms with Crippen LogP contribution in [-0.4, -0.2) is 31.1 Å². The van der Waals surface area contributed by atoms with Gasteiger partial charge in [-0.1, -0.05) is 31.5 Å². The van der Waals surface area contributed by atoms with E-state index in [9.17, 15) is 13.2 Å². The lowest BCUT2D eigenvalue weighted by Gasteiger charge is -2.32. The molecule has 2 fully saturated rings. The van der Waals surface area contributed by atoms with Crippen molar-refractivity contribution in [1.82, 2.24) is 4.31 Å². The molecular weight excluding hydrogens is 286 g/mol. The maximum Gasteiger partial charge on any atom is 0.243 e. The van der Waals surface area contributed by atoms with Crippen LogP contribution in [0.4, 0.5) is 0 Å². The van der Waals surface area contributed by atoms with Gasteiger partial charge in [-0.15, -0.1) is 0 Å². The van der Waals surface area contributed by atoms with E-state index in [2.05, 4.69) is 0 Å². The molecule has 114 valence electrons. The minimum atomic E-state index is -3.53. The van der Waals surface area contributed by atoms with Crippen molar-refractivity contribution < 1.29 is 13.2 Å². The maximum atomic E-state index is 13.0. The number of sulfonamides is 1. The molecule has 3 rings (SSSR count). The number of aryl methyl sites for hydroxylation is 1. The summed E-state index contributed by atoms with van der Waals surface area (Å²) in [5, 5.41) is 0. The van der Waals surface area contributed by atoms with Crippen molar-refractivity contribution >= 4 is 16.3 Å². The number of carbonyl (C=O) groups is 1. The first-order valence-electron chi connectivity index (χ1n) is 7.39. The van der Waals surface area contributed by atoms with E-state index in [4.69, 9.17) is 0 Å². The maximum absolute atomic E-state index is 13.0. The number of rotatable bonds is 3. The summed E-state index contributed by atoms with van der Waals surface area (Å²) in [6.07, 6.45) is 2.58. The molecule has 5 heteroatoms. The molecule has 0 amide bonds. The van der Waals surface area contributed by atoms with Crippen LogP contribution in [0.3, 0.4) is 0 Å². The van der Waals surface area contributed by atoms with Gasteiger partial charge in [0.05, 0.1) is 4.90 Å². The highest BCUT2D eigenvalue weighted by atomic mass is 32.2. The van der Waals surface area contributed by atoms with Gasteiger partial charge < -0.3 is 4.79 Å². The van der Waals surface area contributed by atoms with Crippen LogP contribution in [0.2, 0.25) is 0 Å². The van der Waals surface area contributed by atoms with Gasteiger partial charge in [-0.25, -0.2) is 8.42 Å². The lowest BCUT2D eigenvalue weighted by atomic mass is 9.69. The zero-order chi connectivity index (χ0) is 15.4. The van der Waals surface area contributed by atoms with Crippen LogP contribution in [0, 0.1) is 18.3 Å². The Morgan fingerprint density at radius 2 is 1.86 bits per heavy atom. The molecule has 2 heterocycles. The molecular formula is C16H21NO3S. The van der Waals surface area contributed by atoms with Gasteiger partial charge in [0.2, 0.25) is 10.0 Å². The standard InChI is InChI=1S/C16H21NO3S/c1-11-4-6-13(7-5-11)21(19,20)17-14-8-9-15(17)16(3,10-18)12(14)2/h4-7,10,12,14-15H,8-9H2,1-3H3/t12-,14+,15-,16+/m0/s1. The SMILES string of the molecule is Cc1ccc(S(=O)(=O)N2[C@@H]3CC[C@H]2[C@](C)(C=O)[C@H]3C)cc1. The van der Waals surface area contributed by atoms with E-state index < -0.39 is 15.4 Å². The van der Waals surface area contributed by atoms with Crippen LogP contribution < -0.4 is 0 Å². The van der Waals surface area contributed by atoms with Crippen molar-refractivity contribution in [2.45, 2.75) is 50.6 Å². The Balaban J connectivity index is 2.05. The predicted molar refractivity (Wildman–Crippen MR) is 80.3 cm³/mol. The van der Waals surface area contributed by atoms with Gasteiger partial charge in [-0.2, -0.15) is 4.31 Å². The van der Waals surface area contributed by atoms with E-state index in [1.165, 1.54) is 0 Å². The third-order valence-corrected chi connectivity index (χ3v) is 7.44. The molecule has 0 N–H and O–H groups in total. The zero-order valence-electron chi connectivity index (χ0n) is 12.6. The quantitative estimate of drug-likeness (QED) is 0.806. The molecule has 21 heavy (non-hydrogen) atoms. The first-order valence-corrected chi connectivity index (χ1v) is 8.83. The summed E-state index contributed by atoms with van der Waals surface area (Å²) in [6, 6.07) is 6.68. The molecule has 2 saturated heterocycles. The van der Waals surface area contributed by atoms with Crippen LogP contribution in [-0.2, 0) is 14.8 Å². The second-order valence-electron chi connectivity index (χ2n) is 6.58. The van der Waals surface area contributed by atoms with Crippen LogP contribution in [0.1, 0.15) is 32.3 Å². The third kappa shape index (κ3) is 1.90. The van der Waals surface area contributed by atoms with E-state index in [1.807, 2.05) is 32.9 Å². The van der Waals surface area contributed by atoms with Crippen LogP contribution >= 0.6 is 0 Å². The molecule has 4 atom stereocenters. The van der Waals surface area contributed by atoms with Gasteiger partial charge in [-0.3, -0.25) is 0 Å². The summed E-state index contributed by atoms with van der Waals surface area (Å²) in [6.45, 7) is 5.82. The lowest BCUT2D eigenvalue weighted by Crippen LogP contribution is -2.40. The Hall–Kier alpha value is -1.20. The molecule has 2 bridgehead atoms. The number of hydrogen-bond acceptors (Lipinski definition) is 3. The van der Waals surface area contributed by atoms with Crippen molar-refractivity contribution in [3.8, 4) is 0 Å². The van der Waals surface area contributed by atoms with E-state index in [-0.39, 0.29) is 18.0 Å². The van der Waals surface area contributed by atoms with Crippen LogP contribution in [0.25, 0.3) is 0 Å². The fraction of sp³-hybridized carbons (Fsp3) is 0.562. The molecule has 2 aliphatic rings. The summed E-state index contributed by atoms with van der Waals surface area (Å²) in [5.41, 5.74) is 0.463. The minimum absolute atomic E-state index is 0.0588. The average molecular weight is 307 g/mol. The van der Waals surface area contributed by atoms with E-state index in [0.29, 0.717) is 4.90 Å². The van der Waals surface area contributed by atoms with Gasteiger partial charge in [0.15, 0.2) is 0 Å². The molecule has 0 unspecified atom stereocenters. The fourth-order valence-electron chi connectivity index (χ4n) is 3.95. The molecule has 2 aliphatic heterocycles. The van der Waals surface area contributed by atoms with E-state index in [0.717, 1.165) is 24.7 Å². The Morgan fingerprint density at radius 3 is 2.38 bits per heavy atom. The van der Waals surface area contributed by atoms with Gasteiger partial charge in [-0.05, 0) is 37.8 Å². The smallest absolute Gasteiger partial charge is 0.243 e. The summed E-state index contributed by atoms with van der Waals surface area (Å²) < 4.78 is 27.5. The van der Waals surface area contributed by atoms with Crippen molar-refractivity contribution in [3.63, 3.8) is 0 Å². The molecule has 1 aromatic rings. The summed E-state index contributed by atoms with van der Waals surface area (Å²) >= 11 is 0. The number of hydrogen-bond donors (Lipinski definition) is 0. The normalized spacial score (nSPS) is 36.0. The Labute approximate surface area is 126 Å². The predicted octanol–water partition coefficient (Wildman–Crippen LogP) is 2.37. The van der Waals surface area contributed by atoms with Gasteiger partial charge in [0.25, 0.3) is 0 Å². The van der Waals surface area contributed by atoms with Gasteiger partial charge in [0, 0.05) is 17.5 Å². The van der Waals surface area contributed by atoms with E-state index >= 15 is 0 Å². The summed E-state index contributed by atoms with van der Waals surface area (Å²) in [7, 11) is -3.53. The van der Waals surface area contributed by atoms with Crippen molar-refractivity contribution in [2.75, 3.05) is 0 Å². The van der Waals surface area contributed by atoms with Gasteiger partial charge >= 0.3 is 0 Å². The molecule has 4 nitrogen and oxygen atoms in total. The van der Waals surface area contributed by atoms with Crippen molar-refractivity contribution in [1.29, 1.82) is 0 Å². The highest BCUT2D eigenvalue weighted by Gasteiger charge is 2.62. The highest BCUT2D eigenvalue weighted by molar-refractivity contribution is 7.89. The summed E-state index contributed by atoms with van der Waals surface area (Å²) in [5.74, 6) is 0.0639. The Kier molecular flexibility index (Phi) is 3.26. The number of carbonyl (C=O) groups excluding carboxylic acids is 1.